The van der Waals surface area contributed by atoms with Crippen LogP contribution in [0.4, 0.5) is 4.79 Å². The number of hydrogen-bond donors (Lipinski definition) is 0. The largest absolute Gasteiger partial charge is 0.449 e. The Morgan fingerprint density at radius 2 is 2.07 bits per heavy atom. The molecule has 0 spiro atoms. The van der Waals surface area contributed by atoms with Crippen molar-refractivity contribution < 1.29 is 14.3 Å². The van der Waals surface area contributed by atoms with Gasteiger partial charge in [0.1, 0.15) is 0 Å². The predicted molar refractivity (Wildman–Crippen MR) is 120 cm³/mol. The molecule has 1 aromatic heterocycles. The van der Waals surface area contributed by atoms with Gasteiger partial charge in [-0.1, -0.05) is 12.1 Å². The van der Waals surface area contributed by atoms with Gasteiger partial charge in [-0.2, -0.15) is 0 Å². The third-order valence-corrected chi connectivity index (χ3v) is 8.29. The molecule has 2 fully saturated rings. The molecule has 6 nitrogen and oxygen atoms in total. The number of halogens is 1. The summed E-state index contributed by atoms with van der Waals surface area (Å²) in [5.41, 5.74) is 4.26. The monoisotopic (exact) mass is 475 g/mol. The topological polar surface area (TPSA) is 46.9 Å². The van der Waals surface area contributed by atoms with Crippen LogP contribution in [0.2, 0.25) is 0 Å². The average Bonchev–Trinajstić information content (AvgIpc) is 3.01. The number of piperidine rings is 1. The van der Waals surface area contributed by atoms with E-state index < -0.39 is 0 Å². The Morgan fingerprint density at radius 3 is 2.87 bits per heavy atom. The lowest BCUT2D eigenvalue weighted by atomic mass is 9.72. The van der Waals surface area contributed by atoms with Crippen LogP contribution in [-0.2, 0) is 22.9 Å². The number of amides is 1. The molecular formula is C23H30BrN3O3. The molecule has 2 aliphatic heterocycles. The fourth-order valence-electron chi connectivity index (χ4n) is 5.71. The van der Waals surface area contributed by atoms with Crippen molar-refractivity contribution in [3.05, 3.63) is 33.9 Å². The minimum Gasteiger partial charge on any atom is -0.449 e. The Labute approximate surface area is 186 Å². The van der Waals surface area contributed by atoms with Crippen molar-refractivity contribution in [1.29, 1.82) is 0 Å². The Balaban J connectivity index is 1.28. The Hall–Kier alpha value is -1.57. The number of benzene rings is 1. The maximum Gasteiger partial charge on any atom is 0.409 e. The van der Waals surface area contributed by atoms with Crippen molar-refractivity contribution >= 4 is 32.9 Å². The molecule has 3 heterocycles. The van der Waals surface area contributed by atoms with Crippen LogP contribution >= 0.6 is 15.9 Å². The van der Waals surface area contributed by atoms with E-state index in [-0.39, 0.29) is 6.09 Å². The Bertz CT molecular complexity index is 953. The number of carbonyl (C=O) groups excluding carboxylic acids is 1. The van der Waals surface area contributed by atoms with E-state index in [1.807, 2.05) is 0 Å². The van der Waals surface area contributed by atoms with E-state index in [9.17, 15) is 4.79 Å². The third-order valence-electron chi connectivity index (χ3n) is 7.28. The fraction of sp³-hybridized carbons (Fsp3) is 0.609. The Morgan fingerprint density at radius 1 is 1.27 bits per heavy atom. The van der Waals surface area contributed by atoms with Gasteiger partial charge >= 0.3 is 6.09 Å². The summed E-state index contributed by atoms with van der Waals surface area (Å²) in [7, 11) is 4.40. The highest BCUT2D eigenvalue weighted by Crippen LogP contribution is 2.47. The second-order valence-electron chi connectivity index (χ2n) is 8.99. The van der Waals surface area contributed by atoms with Crippen LogP contribution in [0, 0.1) is 5.92 Å². The molecule has 3 atom stereocenters. The first kappa shape index (κ1) is 20.3. The zero-order valence-corrected chi connectivity index (χ0v) is 19.4. The molecule has 1 unspecified atom stereocenters. The normalized spacial score (nSPS) is 26.6. The molecule has 0 N–H and O–H groups in total. The van der Waals surface area contributed by atoms with Gasteiger partial charge in [-0.15, -0.1) is 0 Å². The maximum absolute atomic E-state index is 12.3. The summed E-state index contributed by atoms with van der Waals surface area (Å²) in [4.78, 5) is 16.5. The van der Waals surface area contributed by atoms with Gasteiger partial charge < -0.3 is 23.8 Å². The number of aromatic nitrogens is 1. The molecule has 1 aromatic carbocycles. The first-order valence-electron chi connectivity index (χ1n) is 11.0. The molecule has 162 valence electrons. The van der Waals surface area contributed by atoms with Gasteiger partial charge in [0.15, 0.2) is 0 Å². The van der Waals surface area contributed by atoms with E-state index in [0.717, 1.165) is 25.8 Å². The predicted octanol–water partition coefficient (Wildman–Crippen LogP) is 3.76. The first-order chi connectivity index (χ1) is 14.5. The summed E-state index contributed by atoms with van der Waals surface area (Å²) in [5.74, 6) is 1.08. The molecule has 2 aromatic rings. The molecule has 0 bridgehead atoms. The molecule has 0 saturated carbocycles. The lowest BCUT2D eigenvalue weighted by Crippen LogP contribution is -2.48. The lowest BCUT2D eigenvalue weighted by Gasteiger charge is -2.45. The molecule has 3 aliphatic rings. The second-order valence-corrected chi connectivity index (χ2v) is 9.74. The molecule has 1 amide bonds. The quantitative estimate of drug-likeness (QED) is 0.677. The van der Waals surface area contributed by atoms with Gasteiger partial charge in [0.05, 0.1) is 24.4 Å². The first-order valence-corrected chi connectivity index (χ1v) is 11.8. The van der Waals surface area contributed by atoms with E-state index in [0.29, 0.717) is 50.8 Å². The third kappa shape index (κ3) is 3.45. The van der Waals surface area contributed by atoms with Crippen molar-refractivity contribution in [1.82, 2.24) is 14.4 Å². The zero-order chi connectivity index (χ0) is 20.8. The van der Waals surface area contributed by atoms with Crippen molar-refractivity contribution in [2.24, 2.45) is 13.0 Å². The number of ether oxygens (including phenoxy) is 2. The molecule has 0 radical (unpaired) electrons. The zero-order valence-electron chi connectivity index (χ0n) is 17.8. The highest BCUT2D eigenvalue weighted by molar-refractivity contribution is 9.10. The molecule has 5 rings (SSSR count). The van der Waals surface area contributed by atoms with E-state index in [1.165, 1.54) is 26.6 Å². The van der Waals surface area contributed by atoms with Crippen molar-refractivity contribution in [3.63, 3.8) is 0 Å². The van der Waals surface area contributed by atoms with E-state index >= 15 is 0 Å². The van der Waals surface area contributed by atoms with Crippen LogP contribution in [0.1, 0.15) is 29.9 Å². The van der Waals surface area contributed by atoms with E-state index in [2.05, 4.69) is 57.7 Å². The smallest absolute Gasteiger partial charge is 0.409 e. The van der Waals surface area contributed by atoms with Crippen LogP contribution < -0.4 is 0 Å². The lowest BCUT2D eigenvalue weighted by molar-refractivity contribution is 0.0232. The number of carbonyl (C=O) groups is 1. The highest BCUT2D eigenvalue weighted by atomic mass is 79.9. The number of likely N-dealkylation sites (N-methyl/N-ethyl adjacent to an activating group) is 1. The van der Waals surface area contributed by atoms with Crippen molar-refractivity contribution in [3.8, 4) is 0 Å². The molecule has 2 saturated heterocycles. The molecule has 7 heteroatoms. The van der Waals surface area contributed by atoms with Crippen LogP contribution in [0.3, 0.4) is 0 Å². The minimum atomic E-state index is -0.193. The van der Waals surface area contributed by atoms with Crippen LogP contribution in [-0.4, -0.2) is 73.0 Å². The van der Waals surface area contributed by atoms with Crippen molar-refractivity contribution in [2.75, 3.05) is 46.5 Å². The van der Waals surface area contributed by atoms with Gasteiger partial charge in [0.2, 0.25) is 0 Å². The SMILES string of the molecule is CN1CC(CCOC(=O)N2CCOCC2)C[C@@H]2c3cccc4c3c(c(Br)n4C)C[C@H]21. The number of morpholine rings is 1. The van der Waals surface area contributed by atoms with Crippen LogP contribution in [0.5, 0.6) is 0 Å². The maximum atomic E-state index is 12.3. The van der Waals surface area contributed by atoms with Gasteiger partial charge in [0, 0.05) is 49.5 Å². The summed E-state index contributed by atoms with van der Waals surface area (Å²) in [6, 6.07) is 7.28. The fourth-order valence-corrected chi connectivity index (χ4v) is 6.26. The molecule has 30 heavy (non-hydrogen) atoms. The number of likely N-dealkylation sites (tertiary alicyclic amines) is 1. The number of aryl methyl sites for hydroxylation is 1. The van der Waals surface area contributed by atoms with E-state index in [1.54, 1.807) is 4.90 Å². The van der Waals surface area contributed by atoms with Gasteiger partial charge in [-0.3, -0.25) is 0 Å². The number of fused-ring (bicyclic) bond motifs is 2. The average molecular weight is 476 g/mol. The summed E-state index contributed by atoms with van der Waals surface area (Å²) in [6.07, 6.45) is 2.98. The van der Waals surface area contributed by atoms with E-state index in [4.69, 9.17) is 9.47 Å². The number of rotatable bonds is 3. The minimum absolute atomic E-state index is 0.193. The second kappa shape index (κ2) is 8.17. The standard InChI is InChI=1S/C23H30BrN3O3/c1-25-14-15(6-9-30-23(28)27-7-10-29-11-8-27)12-17-16-4-3-5-19-21(16)18(13-20(17)25)22(24)26(19)2/h3-5,15,17,20H,6-14H2,1-2H3/t15?,17-,20-/m1/s1. The summed E-state index contributed by atoms with van der Waals surface area (Å²) >= 11 is 3.83. The van der Waals surface area contributed by atoms with Gasteiger partial charge in [-0.05, 0) is 65.4 Å². The summed E-state index contributed by atoms with van der Waals surface area (Å²) in [6.45, 7) is 4.04. The molecule has 1 aliphatic carbocycles. The Kier molecular flexibility index (Phi) is 5.54. The van der Waals surface area contributed by atoms with Gasteiger partial charge in [-0.25, -0.2) is 4.79 Å². The summed E-state index contributed by atoms with van der Waals surface area (Å²) < 4.78 is 14.4. The van der Waals surface area contributed by atoms with Crippen molar-refractivity contribution in [2.45, 2.75) is 31.2 Å². The number of hydrogen-bond acceptors (Lipinski definition) is 4. The number of nitrogens with zero attached hydrogens (tertiary/aromatic N) is 3. The van der Waals surface area contributed by atoms with Crippen LogP contribution in [0.15, 0.2) is 22.8 Å². The highest BCUT2D eigenvalue weighted by Gasteiger charge is 2.40. The van der Waals surface area contributed by atoms with Gasteiger partial charge in [0.25, 0.3) is 0 Å². The summed E-state index contributed by atoms with van der Waals surface area (Å²) in [5, 5.41) is 1.45. The van der Waals surface area contributed by atoms with Crippen LogP contribution in [0.25, 0.3) is 10.9 Å². The molecular weight excluding hydrogens is 446 g/mol.